The lowest BCUT2D eigenvalue weighted by atomic mass is 9.80. The lowest BCUT2D eigenvalue weighted by Crippen LogP contribution is -2.52. The minimum Gasteiger partial charge on any atom is -0.378 e. The van der Waals surface area contributed by atoms with Gasteiger partial charge in [-0.05, 0) is 80.7 Å². The number of hydrogen-bond acceptors (Lipinski definition) is 5. The number of rotatable bonds is 7. The molecule has 1 saturated heterocycles. The van der Waals surface area contributed by atoms with E-state index in [0.29, 0.717) is 12.5 Å². The minimum absolute atomic E-state index is 0.0900. The Morgan fingerprint density at radius 1 is 1.06 bits per heavy atom. The van der Waals surface area contributed by atoms with E-state index in [9.17, 15) is 8.42 Å². The number of piperidine rings is 1. The molecule has 6 nitrogen and oxygen atoms in total. The predicted octanol–water partition coefficient (Wildman–Crippen LogP) is 4.19. The third kappa shape index (κ3) is 6.34. The Labute approximate surface area is 198 Å². The third-order valence-electron chi connectivity index (χ3n) is 7.38. The molecule has 1 unspecified atom stereocenters. The van der Waals surface area contributed by atoms with E-state index < -0.39 is 10.0 Å². The SMILES string of the molecule is Cc1cccc(C2CCC(OCC3CN(c4ccccn4)CC[C@@H]3NS(C)(=O)=O)CC2)c1C. The molecule has 1 aromatic heterocycles. The number of hydrogen-bond donors (Lipinski definition) is 1. The third-order valence-corrected chi connectivity index (χ3v) is 8.11. The van der Waals surface area contributed by atoms with Crippen LogP contribution in [0.15, 0.2) is 42.6 Å². The molecule has 2 aliphatic rings. The van der Waals surface area contributed by atoms with Crippen LogP contribution < -0.4 is 9.62 Å². The average Bonchev–Trinajstić information content (AvgIpc) is 2.80. The lowest BCUT2D eigenvalue weighted by molar-refractivity contribution is -0.00216. The molecule has 2 aromatic rings. The molecule has 1 aliphatic heterocycles. The molecule has 0 spiro atoms. The Morgan fingerprint density at radius 3 is 2.55 bits per heavy atom. The topological polar surface area (TPSA) is 71.5 Å². The fourth-order valence-corrected chi connectivity index (χ4v) is 6.26. The van der Waals surface area contributed by atoms with E-state index in [-0.39, 0.29) is 18.1 Å². The summed E-state index contributed by atoms with van der Waals surface area (Å²) < 4.78 is 33.2. The summed E-state index contributed by atoms with van der Waals surface area (Å²) >= 11 is 0. The summed E-state index contributed by atoms with van der Waals surface area (Å²) in [6, 6.07) is 12.4. The zero-order chi connectivity index (χ0) is 23.4. The number of sulfonamides is 1. The number of aryl methyl sites for hydroxylation is 1. The van der Waals surface area contributed by atoms with Gasteiger partial charge in [-0.15, -0.1) is 0 Å². The van der Waals surface area contributed by atoms with E-state index in [4.69, 9.17) is 4.74 Å². The van der Waals surface area contributed by atoms with E-state index in [1.165, 1.54) is 22.9 Å². The van der Waals surface area contributed by atoms with Gasteiger partial charge in [0.05, 0.1) is 19.0 Å². The molecule has 1 aliphatic carbocycles. The van der Waals surface area contributed by atoms with Gasteiger partial charge in [0.15, 0.2) is 0 Å². The predicted molar refractivity (Wildman–Crippen MR) is 133 cm³/mol. The second-order valence-electron chi connectivity index (χ2n) is 9.78. The molecule has 1 aromatic carbocycles. The summed E-state index contributed by atoms with van der Waals surface area (Å²) in [6.07, 6.45) is 8.43. The number of nitrogens with zero attached hydrogens (tertiary/aromatic N) is 2. The maximum atomic E-state index is 11.9. The minimum atomic E-state index is -3.27. The Balaban J connectivity index is 1.35. The molecular formula is C26H37N3O3S. The number of ether oxygens (including phenoxy) is 1. The van der Waals surface area contributed by atoms with Gasteiger partial charge in [-0.2, -0.15) is 0 Å². The Hall–Kier alpha value is -1.96. The molecule has 0 radical (unpaired) electrons. The number of pyridine rings is 1. The van der Waals surface area contributed by atoms with Crippen molar-refractivity contribution in [1.29, 1.82) is 0 Å². The first kappa shape index (κ1) is 24.2. The molecule has 180 valence electrons. The van der Waals surface area contributed by atoms with Crippen molar-refractivity contribution >= 4 is 15.8 Å². The number of aromatic nitrogens is 1. The first-order valence-electron chi connectivity index (χ1n) is 12.1. The fraction of sp³-hybridized carbons (Fsp3) is 0.577. The largest absolute Gasteiger partial charge is 0.378 e. The molecule has 4 rings (SSSR count). The quantitative estimate of drug-likeness (QED) is 0.656. The van der Waals surface area contributed by atoms with Crippen LogP contribution in [0.3, 0.4) is 0 Å². The van der Waals surface area contributed by atoms with Gasteiger partial charge in [0.25, 0.3) is 0 Å². The van der Waals surface area contributed by atoms with Crippen LogP contribution in [0.1, 0.15) is 54.7 Å². The zero-order valence-electron chi connectivity index (χ0n) is 20.0. The summed E-state index contributed by atoms with van der Waals surface area (Å²) in [7, 11) is -3.27. The first-order chi connectivity index (χ1) is 15.8. The smallest absolute Gasteiger partial charge is 0.208 e. The van der Waals surface area contributed by atoms with Crippen LogP contribution in [0.2, 0.25) is 0 Å². The Bertz CT molecular complexity index is 1020. The zero-order valence-corrected chi connectivity index (χ0v) is 20.9. The van der Waals surface area contributed by atoms with Crippen LogP contribution in [0.25, 0.3) is 0 Å². The lowest BCUT2D eigenvalue weighted by Gasteiger charge is -2.40. The molecule has 0 bridgehead atoms. The van der Waals surface area contributed by atoms with E-state index >= 15 is 0 Å². The van der Waals surface area contributed by atoms with Crippen LogP contribution in [0, 0.1) is 19.8 Å². The van der Waals surface area contributed by atoms with Gasteiger partial charge in [0, 0.05) is 31.2 Å². The maximum absolute atomic E-state index is 11.9. The van der Waals surface area contributed by atoms with Gasteiger partial charge >= 0.3 is 0 Å². The van der Waals surface area contributed by atoms with E-state index in [1.54, 1.807) is 6.20 Å². The second kappa shape index (κ2) is 10.5. The molecular weight excluding hydrogens is 434 g/mol. The number of benzene rings is 1. The van der Waals surface area contributed by atoms with Gasteiger partial charge in [0.1, 0.15) is 5.82 Å². The van der Waals surface area contributed by atoms with Crippen LogP contribution >= 0.6 is 0 Å². The van der Waals surface area contributed by atoms with Crippen molar-refractivity contribution in [3.63, 3.8) is 0 Å². The normalized spacial score (nSPS) is 26.3. The van der Waals surface area contributed by atoms with Crippen LogP contribution in [-0.4, -0.2) is 51.5 Å². The summed E-state index contributed by atoms with van der Waals surface area (Å²) in [5.74, 6) is 1.64. The molecule has 7 heteroatoms. The van der Waals surface area contributed by atoms with Crippen LogP contribution in [0.4, 0.5) is 5.82 Å². The van der Waals surface area contributed by atoms with Gasteiger partial charge in [-0.3, -0.25) is 0 Å². The van der Waals surface area contributed by atoms with E-state index in [2.05, 4.69) is 46.7 Å². The maximum Gasteiger partial charge on any atom is 0.208 e. The van der Waals surface area contributed by atoms with Gasteiger partial charge < -0.3 is 9.64 Å². The molecule has 1 N–H and O–H groups in total. The van der Waals surface area contributed by atoms with Crippen molar-refractivity contribution in [2.24, 2.45) is 5.92 Å². The molecule has 2 heterocycles. The Morgan fingerprint density at radius 2 is 1.85 bits per heavy atom. The average molecular weight is 472 g/mol. The molecule has 33 heavy (non-hydrogen) atoms. The van der Waals surface area contributed by atoms with Crippen molar-refractivity contribution in [3.8, 4) is 0 Å². The standard InChI is InChI=1S/C26H37N3O3S/c1-19-7-6-8-24(20(19)2)21-10-12-23(13-11-21)32-18-22-17-29(26-9-4-5-15-27-26)16-14-25(22)28-33(3,30)31/h4-9,15,21-23,25,28H,10-14,16-18H2,1-3H3/t21?,22?,23?,25-/m0/s1. The fourth-order valence-electron chi connectivity index (χ4n) is 5.40. The summed E-state index contributed by atoms with van der Waals surface area (Å²) in [6.45, 7) is 6.50. The number of nitrogens with one attached hydrogen (secondary N) is 1. The summed E-state index contributed by atoms with van der Waals surface area (Å²) in [4.78, 5) is 6.73. The monoisotopic (exact) mass is 471 g/mol. The van der Waals surface area contributed by atoms with Gasteiger partial charge in [-0.1, -0.05) is 24.3 Å². The van der Waals surface area contributed by atoms with Gasteiger partial charge in [0.2, 0.25) is 10.0 Å². The van der Waals surface area contributed by atoms with Crippen molar-refractivity contribution < 1.29 is 13.2 Å². The van der Waals surface area contributed by atoms with Crippen molar-refractivity contribution in [1.82, 2.24) is 9.71 Å². The first-order valence-corrected chi connectivity index (χ1v) is 14.0. The molecule has 0 amide bonds. The summed E-state index contributed by atoms with van der Waals surface area (Å²) in [5, 5.41) is 0. The Kier molecular flexibility index (Phi) is 7.72. The molecule has 2 atom stereocenters. The second-order valence-corrected chi connectivity index (χ2v) is 11.6. The van der Waals surface area contributed by atoms with Crippen LogP contribution in [0.5, 0.6) is 0 Å². The van der Waals surface area contributed by atoms with Crippen molar-refractivity contribution in [2.75, 3.05) is 30.9 Å². The number of anilines is 1. The highest BCUT2D eigenvalue weighted by Crippen LogP contribution is 2.36. The molecule has 1 saturated carbocycles. The highest BCUT2D eigenvalue weighted by molar-refractivity contribution is 7.88. The van der Waals surface area contributed by atoms with Gasteiger partial charge in [-0.25, -0.2) is 18.1 Å². The van der Waals surface area contributed by atoms with E-state index in [0.717, 1.165) is 51.0 Å². The summed E-state index contributed by atoms with van der Waals surface area (Å²) in [5.41, 5.74) is 4.28. The van der Waals surface area contributed by atoms with E-state index in [1.807, 2.05) is 18.2 Å². The molecule has 2 fully saturated rings. The highest BCUT2D eigenvalue weighted by atomic mass is 32.2. The van der Waals surface area contributed by atoms with Crippen LogP contribution in [-0.2, 0) is 14.8 Å². The highest BCUT2D eigenvalue weighted by Gasteiger charge is 2.33. The van der Waals surface area contributed by atoms with Crippen molar-refractivity contribution in [2.45, 2.75) is 64.0 Å². The van der Waals surface area contributed by atoms with Crippen molar-refractivity contribution in [3.05, 3.63) is 59.3 Å².